The Morgan fingerprint density at radius 1 is 1.26 bits per heavy atom. The lowest BCUT2D eigenvalue weighted by Gasteiger charge is -2.31. The fourth-order valence-corrected chi connectivity index (χ4v) is 2.62. The van der Waals surface area contributed by atoms with Crippen molar-refractivity contribution in [2.45, 2.75) is 19.8 Å². The van der Waals surface area contributed by atoms with Crippen LogP contribution < -0.4 is 9.47 Å². The summed E-state index contributed by atoms with van der Waals surface area (Å²) in [5, 5.41) is 0. The Bertz CT molecular complexity index is 546. The van der Waals surface area contributed by atoms with E-state index < -0.39 is 0 Å². The van der Waals surface area contributed by atoms with Gasteiger partial charge in [0.2, 0.25) is 0 Å². The standard InChI is InChI=1S/C17H23NO5/c1-3-22-17(20)13-7-6-10-18(11-13)16(19)12-23-15-9-5-4-8-14(15)21-2/h4-5,8-9,13H,3,6-7,10-12H2,1-2H3. The summed E-state index contributed by atoms with van der Waals surface area (Å²) >= 11 is 0. The summed E-state index contributed by atoms with van der Waals surface area (Å²) in [6, 6.07) is 7.18. The summed E-state index contributed by atoms with van der Waals surface area (Å²) in [7, 11) is 1.55. The smallest absolute Gasteiger partial charge is 0.310 e. The molecule has 0 N–H and O–H groups in total. The van der Waals surface area contributed by atoms with Gasteiger partial charge in [-0.1, -0.05) is 12.1 Å². The third-order valence-corrected chi connectivity index (χ3v) is 3.81. The predicted molar refractivity (Wildman–Crippen MR) is 84.4 cm³/mol. The monoisotopic (exact) mass is 321 g/mol. The molecule has 0 spiro atoms. The SMILES string of the molecule is CCOC(=O)C1CCCN(C(=O)COc2ccccc2OC)C1. The van der Waals surface area contributed by atoms with Gasteiger partial charge >= 0.3 is 5.97 Å². The van der Waals surface area contributed by atoms with Gasteiger partial charge in [0.1, 0.15) is 0 Å². The van der Waals surface area contributed by atoms with E-state index in [-0.39, 0.29) is 24.4 Å². The maximum absolute atomic E-state index is 12.3. The van der Waals surface area contributed by atoms with Crippen LogP contribution in [0.25, 0.3) is 0 Å². The zero-order chi connectivity index (χ0) is 16.7. The van der Waals surface area contributed by atoms with E-state index in [0.717, 1.165) is 12.8 Å². The molecule has 6 heteroatoms. The first kappa shape index (κ1) is 17.1. The molecule has 0 saturated carbocycles. The van der Waals surface area contributed by atoms with E-state index in [9.17, 15) is 9.59 Å². The van der Waals surface area contributed by atoms with E-state index in [1.807, 2.05) is 12.1 Å². The number of carbonyl (C=O) groups is 2. The summed E-state index contributed by atoms with van der Waals surface area (Å²) in [5.41, 5.74) is 0. The molecule has 0 bridgehead atoms. The quantitative estimate of drug-likeness (QED) is 0.749. The van der Waals surface area contributed by atoms with E-state index >= 15 is 0 Å². The molecule has 1 amide bonds. The first-order chi connectivity index (χ1) is 11.2. The number of nitrogens with zero attached hydrogens (tertiary/aromatic N) is 1. The molecule has 1 atom stereocenters. The van der Waals surface area contributed by atoms with Crippen molar-refractivity contribution in [3.8, 4) is 11.5 Å². The van der Waals surface area contributed by atoms with Gasteiger partial charge in [0.25, 0.3) is 5.91 Å². The van der Waals surface area contributed by atoms with Crippen molar-refractivity contribution < 1.29 is 23.8 Å². The van der Waals surface area contributed by atoms with Gasteiger partial charge in [-0.05, 0) is 31.9 Å². The minimum Gasteiger partial charge on any atom is -0.493 e. The Balaban J connectivity index is 1.89. The number of likely N-dealkylation sites (tertiary alicyclic amines) is 1. The zero-order valence-corrected chi connectivity index (χ0v) is 13.6. The molecule has 1 saturated heterocycles. The molecule has 1 aliphatic rings. The second kappa shape index (κ2) is 8.41. The Hall–Kier alpha value is -2.24. The molecule has 0 aromatic heterocycles. The Labute approximate surface area is 136 Å². The Morgan fingerprint density at radius 3 is 2.70 bits per heavy atom. The minimum absolute atomic E-state index is 0.0735. The summed E-state index contributed by atoms with van der Waals surface area (Å²) in [4.78, 5) is 25.8. The van der Waals surface area contributed by atoms with Crippen molar-refractivity contribution in [3.05, 3.63) is 24.3 Å². The van der Waals surface area contributed by atoms with Crippen LogP contribution in [0.5, 0.6) is 11.5 Å². The maximum Gasteiger partial charge on any atom is 0.310 e. The third kappa shape index (κ3) is 4.61. The van der Waals surface area contributed by atoms with Crippen molar-refractivity contribution in [2.24, 2.45) is 5.92 Å². The summed E-state index contributed by atoms with van der Waals surface area (Å²) < 4.78 is 15.8. The number of methoxy groups -OCH3 is 1. The maximum atomic E-state index is 12.3. The van der Waals surface area contributed by atoms with E-state index in [1.54, 1.807) is 31.1 Å². The minimum atomic E-state index is -0.237. The number of carbonyl (C=O) groups excluding carboxylic acids is 2. The molecule has 1 fully saturated rings. The second-order valence-electron chi connectivity index (χ2n) is 5.37. The average molecular weight is 321 g/mol. The molecule has 0 aliphatic carbocycles. The van der Waals surface area contributed by atoms with Gasteiger partial charge in [-0.25, -0.2) is 0 Å². The first-order valence-electron chi connectivity index (χ1n) is 7.86. The lowest BCUT2D eigenvalue weighted by molar-refractivity contribution is -0.151. The fraction of sp³-hybridized carbons (Fsp3) is 0.529. The Kier molecular flexibility index (Phi) is 6.26. The molecule has 1 aliphatic heterocycles. The normalized spacial score (nSPS) is 17.5. The topological polar surface area (TPSA) is 65.1 Å². The van der Waals surface area contributed by atoms with Gasteiger partial charge in [0.15, 0.2) is 18.1 Å². The van der Waals surface area contributed by atoms with Crippen LogP contribution in [0, 0.1) is 5.92 Å². The Morgan fingerprint density at radius 2 is 2.00 bits per heavy atom. The van der Waals surface area contributed by atoms with Crippen molar-refractivity contribution in [1.29, 1.82) is 0 Å². The van der Waals surface area contributed by atoms with Gasteiger partial charge in [-0.15, -0.1) is 0 Å². The van der Waals surface area contributed by atoms with Gasteiger partial charge in [-0.3, -0.25) is 9.59 Å². The molecular formula is C17H23NO5. The van der Waals surface area contributed by atoms with Gasteiger partial charge in [-0.2, -0.15) is 0 Å². The van der Waals surface area contributed by atoms with Crippen molar-refractivity contribution in [3.63, 3.8) is 0 Å². The third-order valence-electron chi connectivity index (χ3n) is 3.81. The van der Waals surface area contributed by atoms with Crippen LogP contribution in [0.2, 0.25) is 0 Å². The molecule has 1 aromatic carbocycles. The molecule has 23 heavy (non-hydrogen) atoms. The van der Waals surface area contributed by atoms with Crippen LogP contribution >= 0.6 is 0 Å². The number of piperidine rings is 1. The highest BCUT2D eigenvalue weighted by Gasteiger charge is 2.29. The summed E-state index contributed by atoms with van der Waals surface area (Å²) in [6.07, 6.45) is 1.56. The fourth-order valence-electron chi connectivity index (χ4n) is 2.62. The highest BCUT2D eigenvalue weighted by molar-refractivity contribution is 5.79. The summed E-state index contributed by atoms with van der Waals surface area (Å²) in [6.45, 7) is 3.11. The van der Waals surface area contributed by atoms with Crippen LogP contribution in [0.4, 0.5) is 0 Å². The molecule has 126 valence electrons. The number of hydrogen-bond donors (Lipinski definition) is 0. The van der Waals surface area contributed by atoms with E-state index in [0.29, 0.717) is 31.2 Å². The first-order valence-corrected chi connectivity index (χ1v) is 7.86. The van der Waals surface area contributed by atoms with Crippen LogP contribution in [0.15, 0.2) is 24.3 Å². The molecule has 1 unspecified atom stereocenters. The van der Waals surface area contributed by atoms with Gasteiger partial charge in [0.05, 0.1) is 19.6 Å². The van der Waals surface area contributed by atoms with E-state index in [4.69, 9.17) is 14.2 Å². The molecule has 2 rings (SSSR count). The highest BCUT2D eigenvalue weighted by Crippen LogP contribution is 2.26. The van der Waals surface area contributed by atoms with Crippen molar-refractivity contribution in [2.75, 3.05) is 33.4 Å². The van der Waals surface area contributed by atoms with Gasteiger partial charge < -0.3 is 19.1 Å². The van der Waals surface area contributed by atoms with Crippen LogP contribution in [0.1, 0.15) is 19.8 Å². The number of esters is 1. The van der Waals surface area contributed by atoms with E-state index in [2.05, 4.69) is 0 Å². The average Bonchev–Trinajstić information content (AvgIpc) is 2.60. The van der Waals surface area contributed by atoms with Crippen LogP contribution in [0.3, 0.4) is 0 Å². The number of para-hydroxylation sites is 2. The molecule has 0 radical (unpaired) electrons. The lowest BCUT2D eigenvalue weighted by Crippen LogP contribution is -2.44. The highest BCUT2D eigenvalue weighted by atomic mass is 16.5. The number of benzene rings is 1. The number of rotatable bonds is 6. The molecule has 6 nitrogen and oxygen atoms in total. The molecule has 1 aromatic rings. The van der Waals surface area contributed by atoms with Crippen molar-refractivity contribution >= 4 is 11.9 Å². The molecular weight excluding hydrogens is 298 g/mol. The summed E-state index contributed by atoms with van der Waals surface area (Å²) in [5.74, 6) is 0.519. The largest absolute Gasteiger partial charge is 0.493 e. The number of ether oxygens (including phenoxy) is 3. The van der Waals surface area contributed by atoms with E-state index in [1.165, 1.54) is 0 Å². The van der Waals surface area contributed by atoms with Gasteiger partial charge in [0, 0.05) is 13.1 Å². The second-order valence-corrected chi connectivity index (χ2v) is 5.37. The van der Waals surface area contributed by atoms with Crippen molar-refractivity contribution in [1.82, 2.24) is 4.90 Å². The number of hydrogen-bond acceptors (Lipinski definition) is 5. The zero-order valence-electron chi connectivity index (χ0n) is 13.6. The molecule has 1 heterocycles. The number of amides is 1. The van der Waals surface area contributed by atoms with Crippen LogP contribution in [-0.2, 0) is 14.3 Å². The lowest BCUT2D eigenvalue weighted by atomic mass is 9.98. The van der Waals surface area contributed by atoms with Crippen LogP contribution in [-0.4, -0.2) is 50.2 Å². The predicted octanol–water partition coefficient (Wildman–Crippen LogP) is 1.88.